The van der Waals surface area contributed by atoms with Crippen molar-refractivity contribution in [2.75, 3.05) is 48.4 Å². The highest BCUT2D eigenvalue weighted by atomic mass is 16.5. The third-order valence-corrected chi connectivity index (χ3v) is 5.43. The van der Waals surface area contributed by atoms with Crippen LogP contribution >= 0.6 is 0 Å². The maximum atomic E-state index is 12.7. The fourth-order valence-electron chi connectivity index (χ4n) is 3.67. The Kier molecular flexibility index (Phi) is 7.56. The Hall–Kier alpha value is -3.84. The number of carbonyl (C=O) groups is 2. The van der Waals surface area contributed by atoms with Crippen LogP contribution in [0.25, 0.3) is 0 Å². The van der Waals surface area contributed by atoms with Gasteiger partial charge in [-0.05, 0) is 42.0 Å². The lowest BCUT2D eigenvalue weighted by atomic mass is 10.1. The summed E-state index contributed by atoms with van der Waals surface area (Å²) in [7, 11) is 0. The van der Waals surface area contributed by atoms with Gasteiger partial charge in [0.1, 0.15) is 0 Å². The summed E-state index contributed by atoms with van der Waals surface area (Å²) >= 11 is 0. The van der Waals surface area contributed by atoms with Gasteiger partial charge in [-0.3, -0.25) is 9.59 Å². The van der Waals surface area contributed by atoms with Gasteiger partial charge in [-0.2, -0.15) is 0 Å². The predicted octanol–water partition coefficient (Wildman–Crippen LogP) is 3.50. The molecule has 0 radical (unpaired) electrons. The smallest absolute Gasteiger partial charge is 0.253 e. The van der Waals surface area contributed by atoms with E-state index in [1.807, 2.05) is 60.7 Å². The van der Waals surface area contributed by atoms with Crippen molar-refractivity contribution in [1.29, 1.82) is 0 Å². The van der Waals surface area contributed by atoms with Crippen molar-refractivity contribution in [2.45, 2.75) is 6.54 Å². The normalized spacial score (nSPS) is 13.3. The van der Waals surface area contributed by atoms with Crippen LogP contribution in [-0.4, -0.2) is 44.7 Å². The molecule has 1 saturated heterocycles. The summed E-state index contributed by atoms with van der Waals surface area (Å²) in [6.07, 6.45) is 0. The number of carbonyl (C=O) groups excluding carboxylic acids is 2. The molecule has 3 aromatic carbocycles. The van der Waals surface area contributed by atoms with Gasteiger partial charge in [0.05, 0.1) is 25.3 Å². The molecule has 1 heterocycles. The van der Waals surface area contributed by atoms with Crippen molar-refractivity contribution in [3.05, 3.63) is 90.0 Å². The number of hydrogen-bond donors (Lipinski definition) is 3. The van der Waals surface area contributed by atoms with Crippen molar-refractivity contribution in [1.82, 2.24) is 5.32 Å². The van der Waals surface area contributed by atoms with E-state index in [0.717, 1.165) is 43.2 Å². The summed E-state index contributed by atoms with van der Waals surface area (Å²) in [5, 5.41) is 8.90. The Morgan fingerprint density at radius 2 is 1.55 bits per heavy atom. The molecule has 0 aromatic heterocycles. The highest BCUT2D eigenvalue weighted by molar-refractivity contribution is 6.00. The minimum Gasteiger partial charge on any atom is -0.378 e. The Morgan fingerprint density at radius 1 is 0.848 bits per heavy atom. The standard InChI is InChI=1S/C26H28N4O3/c31-25(29-21-10-12-22(13-11-21)30-14-16-33-17-15-30)19-27-24-9-5-4-8-23(24)26(32)28-18-20-6-2-1-3-7-20/h1-13,27H,14-19H2,(H,28,32)(H,29,31). The monoisotopic (exact) mass is 444 g/mol. The van der Waals surface area contributed by atoms with Gasteiger partial charge in [-0.1, -0.05) is 42.5 Å². The molecular formula is C26H28N4O3. The lowest BCUT2D eigenvalue weighted by Crippen LogP contribution is -2.36. The van der Waals surface area contributed by atoms with E-state index in [9.17, 15) is 9.59 Å². The van der Waals surface area contributed by atoms with Crippen LogP contribution < -0.4 is 20.9 Å². The fourth-order valence-corrected chi connectivity index (χ4v) is 3.67. The largest absolute Gasteiger partial charge is 0.378 e. The van der Waals surface area contributed by atoms with Crippen molar-refractivity contribution < 1.29 is 14.3 Å². The average molecular weight is 445 g/mol. The summed E-state index contributed by atoms with van der Waals surface area (Å²) in [5.41, 5.74) is 3.98. The summed E-state index contributed by atoms with van der Waals surface area (Å²) in [6.45, 7) is 3.69. The molecule has 0 bridgehead atoms. The topological polar surface area (TPSA) is 82.7 Å². The molecule has 4 rings (SSSR count). The van der Waals surface area contributed by atoms with E-state index in [-0.39, 0.29) is 18.4 Å². The second-order valence-corrected chi connectivity index (χ2v) is 7.76. The number of hydrogen-bond acceptors (Lipinski definition) is 5. The molecule has 0 saturated carbocycles. The quantitative estimate of drug-likeness (QED) is 0.495. The van der Waals surface area contributed by atoms with Crippen LogP contribution in [0.1, 0.15) is 15.9 Å². The molecule has 3 N–H and O–H groups in total. The molecule has 33 heavy (non-hydrogen) atoms. The summed E-state index contributed by atoms with van der Waals surface area (Å²) in [5.74, 6) is -0.380. The molecule has 3 aromatic rings. The zero-order valence-corrected chi connectivity index (χ0v) is 18.4. The first-order chi connectivity index (χ1) is 16.2. The maximum absolute atomic E-state index is 12.7. The number of benzene rings is 3. The van der Waals surface area contributed by atoms with E-state index < -0.39 is 0 Å². The minimum absolute atomic E-state index is 0.0498. The van der Waals surface area contributed by atoms with E-state index >= 15 is 0 Å². The van der Waals surface area contributed by atoms with Gasteiger partial charge in [0.2, 0.25) is 5.91 Å². The third kappa shape index (κ3) is 6.33. The Bertz CT molecular complexity index is 1060. The van der Waals surface area contributed by atoms with Gasteiger partial charge in [-0.15, -0.1) is 0 Å². The van der Waals surface area contributed by atoms with E-state index in [4.69, 9.17) is 4.74 Å². The summed E-state index contributed by atoms with van der Waals surface area (Å²) in [6, 6.07) is 24.7. The first-order valence-electron chi connectivity index (χ1n) is 11.1. The first-order valence-corrected chi connectivity index (χ1v) is 11.1. The van der Waals surface area contributed by atoms with Crippen molar-refractivity contribution in [2.24, 2.45) is 0 Å². The highest BCUT2D eigenvalue weighted by Crippen LogP contribution is 2.19. The second-order valence-electron chi connectivity index (χ2n) is 7.76. The molecule has 0 unspecified atom stereocenters. The fraction of sp³-hybridized carbons (Fsp3) is 0.231. The molecule has 1 fully saturated rings. The number of para-hydroxylation sites is 1. The SMILES string of the molecule is O=C(CNc1ccccc1C(=O)NCc1ccccc1)Nc1ccc(N2CCOCC2)cc1. The van der Waals surface area contributed by atoms with Crippen LogP contribution in [0, 0.1) is 0 Å². The van der Waals surface area contributed by atoms with Crippen LogP contribution in [-0.2, 0) is 16.1 Å². The summed E-state index contributed by atoms with van der Waals surface area (Å²) in [4.78, 5) is 27.4. The molecule has 0 aliphatic carbocycles. The number of nitrogens with one attached hydrogen (secondary N) is 3. The molecule has 7 heteroatoms. The molecule has 0 spiro atoms. The molecule has 1 aliphatic heterocycles. The number of rotatable bonds is 8. The van der Waals surface area contributed by atoms with Gasteiger partial charge >= 0.3 is 0 Å². The van der Waals surface area contributed by atoms with Crippen molar-refractivity contribution in [3.63, 3.8) is 0 Å². The number of anilines is 3. The minimum atomic E-state index is -0.193. The van der Waals surface area contributed by atoms with Crippen molar-refractivity contribution in [3.8, 4) is 0 Å². The number of nitrogens with zero attached hydrogens (tertiary/aromatic N) is 1. The maximum Gasteiger partial charge on any atom is 0.253 e. The Balaban J connectivity index is 1.29. The van der Waals surface area contributed by atoms with E-state index in [0.29, 0.717) is 17.8 Å². The van der Waals surface area contributed by atoms with Crippen LogP contribution in [0.2, 0.25) is 0 Å². The molecule has 1 aliphatic rings. The molecular weight excluding hydrogens is 416 g/mol. The molecule has 7 nitrogen and oxygen atoms in total. The first kappa shape index (κ1) is 22.4. The predicted molar refractivity (Wildman–Crippen MR) is 131 cm³/mol. The zero-order chi connectivity index (χ0) is 22.9. The van der Waals surface area contributed by atoms with Gasteiger partial charge in [0, 0.05) is 36.7 Å². The van der Waals surface area contributed by atoms with Gasteiger partial charge in [-0.25, -0.2) is 0 Å². The number of morpholine rings is 1. The summed E-state index contributed by atoms with van der Waals surface area (Å²) < 4.78 is 5.39. The Morgan fingerprint density at radius 3 is 2.30 bits per heavy atom. The molecule has 2 amide bonds. The molecule has 170 valence electrons. The third-order valence-electron chi connectivity index (χ3n) is 5.43. The van der Waals surface area contributed by atoms with Gasteiger partial charge in [0.15, 0.2) is 0 Å². The molecule has 0 atom stereocenters. The average Bonchev–Trinajstić information content (AvgIpc) is 2.88. The Labute approximate surface area is 193 Å². The van der Waals surface area contributed by atoms with Crippen LogP contribution in [0.4, 0.5) is 17.1 Å². The van der Waals surface area contributed by atoms with Gasteiger partial charge in [0.25, 0.3) is 5.91 Å². The van der Waals surface area contributed by atoms with E-state index in [2.05, 4.69) is 20.9 Å². The van der Waals surface area contributed by atoms with Gasteiger partial charge < -0.3 is 25.6 Å². The number of ether oxygens (including phenoxy) is 1. The zero-order valence-electron chi connectivity index (χ0n) is 18.4. The van der Waals surface area contributed by atoms with Crippen LogP contribution in [0.5, 0.6) is 0 Å². The lowest BCUT2D eigenvalue weighted by Gasteiger charge is -2.28. The second kappa shape index (κ2) is 11.2. The van der Waals surface area contributed by atoms with Crippen LogP contribution in [0.3, 0.4) is 0 Å². The number of amides is 2. The van der Waals surface area contributed by atoms with Crippen molar-refractivity contribution >= 4 is 28.9 Å². The van der Waals surface area contributed by atoms with E-state index in [1.165, 1.54) is 0 Å². The van der Waals surface area contributed by atoms with Crippen LogP contribution in [0.15, 0.2) is 78.9 Å². The van der Waals surface area contributed by atoms with E-state index in [1.54, 1.807) is 18.2 Å². The highest BCUT2D eigenvalue weighted by Gasteiger charge is 2.13. The lowest BCUT2D eigenvalue weighted by molar-refractivity contribution is -0.114.